The quantitative estimate of drug-likeness (QED) is 0.853. The smallest absolute Gasteiger partial charge is 0.228 e. The van der Waals surface area contributed by atoms with Crippen molar-refractivity contribution in [1.82, 2.24) is 10.1 Å². The first-order chi connectivity index (χ1) is 7.65. The SMILES string of the molecule is Cc1ccc(-c2noc(CC(C)N)n2)cc1. The predicted octanol–water partition coefficient (Wildman–Crippen LogP) is 1.93. The Kier molecular flexibility index (Phi) is 3.01. The average molecular weight is 217 g/mol. The molecule has 4 nitrogen and oxygen atoms in total. The molecular weight excluding hydrogens is 202 g/mol. The van der Waals surface area contributed by atoms with Crippen LogP contribution < -0.4 is 5.73 Å². The van der Waals surface area contributed by atoms with Gasteiger partial charge in [0.2, 0.25) is 11.7 Å². The average Bonchev–Trinajstić information content (AvgIpc) is 2.66. The second-order valence-corrected chi connectivity index (χ2v) is 4.06. The molecule has 1 unspecified atom stereocenters. The Labute approximate surface area is 94.5 Å². The van der Waals surface area contributed by atoms with Gasteiger partial charge in [-0.3, -0.25) is 0 Å². The van der Waals surface area contributed by atoms with E-state index in [9.17, 15) is 0 Å². The van der Waals surface area contributed by atoms with Gasteiger partial charge in [0.15, 0.2) is 0 Å². The topological polar surface area (TPSA) is 64.9 Å². The molecule has 0 amide bonds. The van der Waals surface area contributed by atoms with Crippen LogP contribution in [0.3, 0.4) is 0 Å². The van der Waals surface area contributed by atoms with Gasteiger partial charge in [0, 0.05) is 18.0 Å². The van der Waals surface area contributed by atoms with Crippen LogP contribution in [-0.2, 0) is 6.42 Å². The third-order valence-electron chi connectivity index (χ3n) is 2.27. The molecule has 84 valence electrons. The fourth-order valence-electron chi connectivity index (χ4n) is 1.43. The molecule has 2 rings (SSSR count). The van der Waals surface area contributed by atoms with E-state index in [1.807, 2.05) is 38.1 Å². The summed E-state index contributed by atoms with van der Waals surface area (Å²) in [6, 6.07) is 8.05. The third kappa shape index (κ3) is 2.46. The van der Waals surface area contributed by atoms with Crippen LogP contribution in [0.2, 0.25) is 0 Å². The highest BCUT2D eigenvalue weighted by Gasteiger charge is 2.09. The molecule has 0 saturated heterocycles. The monoisotopic (exact) mass is 217 g/mol. The van der Waals surface area contributed by atoms with Gasteiger partial charge in [-0.25, -0.2) is 0 Å². The summed E-state index contributed by atoms with van der Waals surface area (Å²) in [6.07, 6.45) is 0.610. The first-order valence-corrected chi connectivity index (χ1v) is 5.30. The molecule has 0 aliphatic heterocycles. The molecule has 1 aromatic carbocycles. The number of aromatic nitrogens is 2. The van der Waals surface area contributed by atoms with Gasteiger partial charge in [-0.2, -0.15) is 4.98 Å². The number of nitrogens with zero attached hydrogens (tertiary/aromatic N) is 2. The van der Waals surface area contributed by atoms with Crippen LogP contribution in [0.25, 0.3) is 11.4 Å². The minimum atomic E-state index is 0.0336. The summed E-state index contributed by atoms with van der Waals surface area (Å²) in [5.41, 5.74) is 7.84. The maximum Gasteiger partial charge on any atom is 0.228 e. The van der Waals surface area contributed by atoms with Crippen molar-refractivity contribution < 1.29 is 4.52 Å². The van der Waals surface area contributed by atoms with E-state index in [0.717, 1.165) is 5.56 Å². The van der Waals surface area contributed by atoms with E-state index in [-0.39, 0.29) is 6.04 Å². The molecule has 0 saturated carbocycles. The molecule has 4 heteroatoms. The summed E-state index contributed by atoms with van der Waals surface area (Å²) in [7, 11) is 0. The predicted molar refractivity (Wildman–Crippen MR) is 61.8 cm³/mol. The Hall–Kier alpha value is -1.68. The molecule has 1 atom stereocenters. The summed E-state index contributed by atoms with van der Waals surface area (Å²) >= 11 is 0. The van der Waals surface area contributed by atoms with Crippen molar-refractivity contribution in [3.8, 4) is 11.4 Å². The summed E-state index contributed by atoms with van der Waals surface area (Å²) in [6.45, 7) is 3.96. The fourth-order valence-corrected chi connectivity index (χ4v) is 1.43. The molecule has 0 bridgehead atoms. The van der Waals surface area contributed by atoms with Crippen molar-refractivity contribution in [2.24, 2.45) is 5.73 Å². The highest BCUT2D eigenvalue weighted by atomic mass is 16.5. The van der Waals surface area contributed by atoms with Crippen molar-refractivity contribution in [2.45, 2.75) is 26.3 Å². The Morgan fingerprint density at radius 3 is 2.62 bits per heavy atom. The first kappa shape index (κ1) is 10.8. The number of aryl methyl sites for hydroxylation is 1. The molecular formula is C12H15N3O. The molecule has 16 heavy (non-hydrogen) atoms. The number of hydrogen-bond donors (Lipinski definition) is 1. The Bertz CT molecular complexity index is 459. The highest BCUT2D eigenvalue weighted by Crippen LogP contribution is 2.16. The molecule has 0 aliphatic carbocycles. The zero-order chi connectivity index (χ0) is 11.5. The van der Waals surface area contributed by atoms with Crippen molar-refractivity contribution in [1.29, 1.82) is 0 Å². The van der Waals surface area contributed by atoms with Gasteiger partial charge in [0.05, 0.1) is 0 Å². The number of hydrogen-bond acceptors (Lipinski definition) is 4. The van der Waals surface area contributed by atoms with Crippen LogP contribution in [0.1, 0.15) is 18.4 Å². The molecule has 2 N–H and O–H groups in total. The summed E-state index contributed by atoms with van der Waals surface area (Å²) in [4.78, 5) is 4.29. The minimum Gasteiger partial charge on any atom is -0.339 e. The van der Waals surface area contributed by atoms with E-state index in [1.54, 1.807) is 0 Å². The minimum absolute atomic E-state index is 0.0336. The van der Waals surface area contributed by atoms with Gasteiger partial charge in [-0.1, -0.05) is 35.0 Å². The van der Waals surface area contributed by atoms with Gasteiger partial charge >= 0.3 is 0 Å². The van der Waals surface area contributed by atoms with Gasteiger partial charge in [-0.05, 0) is 13.8 Å². The summed E-state index contributed by atoms with van der Waals surface area (Å²) in [5.74, 6) is 1.21. The highest BCUT2D eigenvalue weighted by molar-refractivity contribution is 5.54. The van der Waals surface area contributed by atoms with Crippen molar-refractivity contribution in [2.75, 3.05) is 0 Å². The van der Waals surface area contributed by atoms with Crippen molar-refractivity contribution >= 4 is 0 Å². The molecule has 1 aromatic heterocycles. The Morgan fingerprint density at radius 1 is 1.31 bits per heavy atom. The Morgan fingerprint density at radius 2 is 2.00 bits per heavy atom. The van der Waals surface area contributed by atoms with Gasteiger partial charge < -0.3 is 10.3 Å². The van der Waals surface area contributed by atoms with Gasteiger partial charge in [-0.15, -0.1) is 0 Å². The normalized spacial score (nSPS) is 12.7. The largest absolute Gasteiger partial charge is 0.339 e. The second-order valence-electron chi connectivity index (χ2n) is 4.06. The van der Waals surface area contributed by atoms with Gasteiger partial charge in [0.1, 0.15) is 0 Å². The molecule has 0 fully saturated rings. The van der Waals surface area contributed by atoms with Crippen LogP contribution in [0.15, 0.2) is 28.8 Å². The standard InChI is InChI=1S/C12H15N3O/c1-8-3-5-10(6-4-8)12-14-11(16-15-12)7-9(2)13/h3-6,9H,7,13H2,1-2H3. The molecule has 2 aromatic rings. The van der Waals surface area contributed by atoms with E-state index < -0.39 is 0 Å². The molecule has 0 spiro atoms. The fraction of sp³-hybridized carbons (Fsp3) is 0.333. The van der Waals surface area contributed by atoms with E-state index in [4.69, 9.17) is 10.3 Å². The lowest BCUT2D eigenvalue weighted by molar-refractivity contribution is 0.372. The zero-order valence-electron chi connectivity index (χ0n) is 9.47. The van der Waals surface area contributed by atoms with Crippen LogP contribution in [-0.4, -0.2) is 16.2 Å². The third-order valence-corrected chi connectivity index (χ3v) is 2.27. The lowest BCUT2D eigenvalue weighted by Crippen LogP contribution is -2.17. The molecule has 1 heterocycles. The van der Waals surface area contributed by atoms with Crippen molar-refractivity contribution in [3.05, 3.63) is 35.7 Å². The lowest BCUT2D eigenvalue weighted by atomic mass is 10.1. The summed E-state index contributed by atoms with van der Waals surface area (Å²) in [5, 5.41) is 3.93. The lowest BCUT2D eigenvalue weighted by Gasteiger charge is -1.97. The maximum absolute atomic E-state index is 5.66. The van der Waals surface area contributed by atoms with Crippen molar-refractivity contribution in [3.63, 3.8) is 0 Å². The van der Waals surface area contributed by atoms with E-state index in [2.05, 4.69) is 10.1 Å². The van der Waals surface area contributed by atoms with Crippen LogP contribution in [0.4, 0.5) is 0 Å². The maximum atomic E-state index is 5.66. The summed E-state index contributed by atoms with van der Waals surface area (Å²) < 4.78 is 5.12. The Balaban J connectivity index is 2.21. The van der Waals surface area contributed by atoms with Gasteiger partial charge in [0.25, 0.3) is 0 Å². The number of rotatable bonds is 3. The first-order valence-electron chi connectivity index (χ1n) is 5.30. The van der Waals surface area contributed by atoms with E-state index in [0.29, 0.717) is 18.1 Å². The second kappa shape index (κ2) is 4.45. The number of benzene rings is 1. The van der Waals surface area contributed by atoms with Crippen LogP contribution in [0.5, 0.6) is 0 Å². The molecule has 0 aliphatic rings. The number of nitrogens with two attached hydrogens (primary N) is 1. The van der Waals surface area contributed by atoms with E-state index in [1.165, 1.54) is 5.56 Å². The van der Waals surface area contributed by atoms with E-state index >= 15 is 0 Å². The van der Waals surface area contributed by atoms with Crippen LogP contribution in [0, 0.1) is 6.92 Å². The van der Waals surface area contributed by atoms with Crippen LogP contribution >= 0.6 is 0 Å². The molecule has 0 radical (unpaired) electrons. The zero-order valence-corrected chi connectivity index (χ0v) is 9.47.